The summed E-state index contributed by atoms with van der Waals surface area (Å²) >= 11 is 3.62. The van der Waals surface area contributed by atoms with Crippen LogP contribution in [0.25, 0.3) is 5.65 Å². The fraction of sp³-hybridized carbons (Fsp3) is 0.562. The normalized spacial score (nSPS) is 11.4. The third kappa shape index (κ3) is 3.00. The molecule has 0 saturated heterocycles. The van der Waals surface area contributed by atoms with Crippen LogP contribution in [-0.4, -0.2) is 22.5 Å². The summed E-state index contributed by atoms with van der Waals surface area (Å²) in [5.74, 6) is 1.87. The second-order valence-corrected chi connectivity index (χ2v) is 5.73. The molecule has 0 aromatic carbocycles. The van der Waals surface area contributed by atoms with Gasteiger partial charge in [-0.05, 0) is 25.0 Å². The van der Waals surface area contributed by atoms with Gasteiger partial charge < -0.3 is 9.30 Å². The lowest BCUT2D eigenvalue weighted by Gasteiger charge is -2.26. The number of aromatic nitrogens is 2. The Balaban J connectivity index is 2.38. The topological polar surface area (TPSA) is 20.5 Å². The fourth-order valence-corrected chi connectivity index (χ4v) is 3.16. The third-order valence-electron chi connectivity index (χ3n) is 4.05. The number of fused-ring (bicyclic) bond motifs is 1. The number of pyridine rings is 1. The number of halogens is 1. The number of anilines is 1. The lowest BCUT2D eigenvalue weighted by atomic mass is 10.0. The molecule has 110 valence electrons. The Labute approximate surface area is 130 Å². The van der Waals surface area contributed by atoms with Gasteiger partial charge in [0.2, 0.25) is 0 Å². The van der Waals surface area contributed by atoms with Crippen molar-refractivity contribution in [3.63, 3.8) is 0 Å². The van der Waals surface area contributed by atoms with E-state index >= 15 is 0 Å². The highest BCUT2D eigenvalue weighted by Gasteiger charge is 2.18. The minimum absolute atomic E-state index is 0.739. The highest BCUT2D eigenvalue weighted by atomic mass is 79.9. The van der Waals surface area contributed by atoms with Gasteiger partial charge in [0.15, 0.2) is 5.82 Å². The van der Waals surface area contributed by atoms with Crippen molar-refractivity contribution in [2.45, 2.75) is 38.9 Å². The predicted octanol–water partition coefficient (Wildman–Crippen LogP) is 4.49. The summed E-state index contributed by atoms with van der Waals surface area (Å²) in [6.45, 7) is 8.85. The van der Waals surface area contributed by atoms with Crippen molar-refractivity contribution >= 4 is 27.4 Å². The average Bonchev–Trinajstić information content (AvgIpc) is 2.87. The maximum Gasteiger partial charge on any atom is 0.152 e. The zero-order chi connectivity index (χ0) is 14.5. The minimum atomic E-state index is 0.739. The first-order chi connectivity index (χ1) is 9.74. The quantitative estimate of drug-likeness (QED) is 0.693. The number of rotatable bonds is 7. The molecule has 0 unspecified atom stereocenters. The van der Waals surface area contributed by atoms with Gasteiger partial charge in [-0.15, -0.1) is 0 Å². The molecule has 0 aliphatic heterocycles. The monoisotopic (exact) mass is 337 g/mol. The van der Waals surface area contributed by atoms with Crippen LogP contribution in [0, 0.1) is 5.92 Å². The van der Waals surface area contributed by atoms with E-state index in [1.54, 1.807) is 0 Å². The predicted molar refractivity (Wildman–Crippen MR) is 89.8 cm³/mol. The molecule has 2 aromatic rings. The van der Waals surface area contributed by atoms with Gasteiger partial charge in [-0.2, -0.15) is 0 Å². The Morgan fingerprint density at radius 2 is 2.00 bits per heavy atom. The van der Waals surface area contributed by atoms with Crippen molar-refractivity contribution in [3.8, 4) is 0 Å². The highest BCUT2D eigenvalue weighted by Crippen LogP contribution is 2.25. The van der Waals surface area contributed by atoms with Crippen LogP contribution in [0.15, 0.2) is 24.4 Å². The van der Waals surface area contributed by atoms with Crippen molar-refractivity contribution in [2.24, 2.45) is 5.92 Å². The molecule has 2 rings (SSSR count). The maximum atomic E-state index is 4.84. The summed E-state index contributed by atoms with van der Waals surface area (Å²) in [7, 11) is 0. The second kappa shape index (κ2) is 7.11. The minimum Gasteiger partial charge on any atom is -0.355 e. The van der Waals surface area contributed by atoms with E-state index in [0.717, 1.165) is 35.8 Å². The molecule has 3 nitrogen and oxygen atoms in total. The van der Waals surface area contributed by atoms with E-state index in [2.05, 4.69) is 64.3 Å². The lowest BCUT2D eigenvalue weighted by molar-refractivity contribution is 0.484. The summed E-state index contributed by atoms with van der Waals surface area (Å²) in [6.07, 6.45) is 4.54. The molecule has 2 heterocycles. The first-order valence-electron chi connectivity index (χ1n) is 7.51. The molecule has 0 amide bonds. The first kappa shape index (κ1) is 15.4. The lowest BCUT2D eigenvalue weighted by Crippen LogP contribution is -2.30. The van der Waals surface area contributed by atoms with Gasteiger partial charge in [-0.25, -0.2) is 4.98 Å². The van der Waals surface area contributed by atoms with Crippen LogP contribution in [0.2, 0.25) is 0 Å². The number of alkyl halides is 1. The molecular formula is C16H24BrN3. The van der Waals surface area contributed by atoms with Gasteiger partial charge in [-0.1, -0.05) is 48.7 Å². The molecule has 0 atom stereocenters. The highest BCUT2D eigenvalue weighted by molar-refractivity contribution is 9.08. The zero-order valence-electron chi connectivity index (χ0n) is 12.6. The van der Waals surface area contributed by atoms with Crippen molar-refractivity contribution in [1.29, 1.82) is 0 Å². The summed E-state index contributed by atoms with van der Waals surface area (Å²) in [5.41, 5.74) is 2.27. The van der Waals surface area contributed by atoms with Crippen molar-refractivity contribution in [2.75, 3.05) is 18.0 Å². The van der Waals surface area contributed by atoms with E-state index in [1.807, 2.05) is 6.07 Å². The van der Waals surface area contributed by atoms with Gasteiger partial charge in [0.1, 0.15) is 5.65 Å². The average molecular weight is 338 g/mol. The summed E-state index contributed by atoms with van der Waals surface area (Å²) in [5, 5.41) is 0.826. The van der Waals surface area contributed by atoms with Crippen LogP contribution in [0.5, 0.6) is 0 Å². The largest absolute Gasteiger partial charge is 0.355 e. The second-order valence-electron chi connectivity index (χ2n) is 5.17. The van der Waals surface area contributed by atoms with Gasteiger partial charge in [0.25, 0.3) is 0 Å². The van der Waals surface area contributed by atoms with Gasteiger partial charge in [0.05, 0.1) is 5.69 Å². The summed E-state index contributed by atoms with van der Waals surface area (Å²) in [4.78, 5) is 7.25. The van der Waals surface area contributed by atoms with Crippen molar-refractivity contribution in [3.05, 3.63) is 30.1 Å². The molecule has 20 heavy (non-hydrogen) atoms. The van der Waals surface area contributed by atoms with Gasteiger partial charge in [0, 0.05) is 24.6 Å². The Morgan fingerprint density at radius 1 is 1.25 bits per heavy atom. The molecular weight excluding hydrogens is 314 g/mol. The molecule has 0 fully saturated rings. The standard InChI is InChI=1S/C16H24BrN3/c1-4-13(5-2)12-19(6-3)16-14(11-17)20-10-8-7-9-15(20)18-16/h7-10,13H,4-6,11-12H2,1-3H3. The molecule has 0 bridgehead atoms. The molecule has 0 N–H and O–H groups in total. The van der Waals surface area contributed by atoms with E-state index in [-0.39, 0.29) is 0 Å². The van der Waals surface area contributed by atoms with Crippen molar-refractivity contribution in [1.82, 2.24) is 9.38 Å². The van der Waals surface area contributed by atoms with E-state index < -0.39 is 0 Å². The Morgan fingerprint density at radius 3 is 2.60 bits per heavy atom. The molecule has 0 radical (unpaired) electrons. The van der Waals surface area contributed by atoms with Crippen LogP contribution in [0.4, 0.5) is 5.82 Å². The third-order valence-corrected chi connectivity index (χ3v) is 4.58. The number of imidazole rings is 1. The smallest absolute Gasteiger partial charge is 0.152 e. The van der Waals surface area contributed by atoms with Crippen LogP contribution < -0.4 is 4.90 Å². The zero-order valence-corrected chi connectivity index (χ0v) is 14.2. The molecule has 0 saturated carbocycles. The summed E-state index contributed by atoms with van der Waals surface area (Å²) < 4.78 is 2.18. The van der Waals surface area contributed by atoms with E-state index in [9.17, 15) is 0 Å². The Kier molecular flexibility index (Phi) is 5.46. The number of hydrogen-bond donors (Lipinski definition) is 0. The molecule has 0 aliphatic rings. The van der Waals surface area contributed by atoms with Crippen LogP contribution in [0.1, 0.15) is 39.3 Å². The van der Waals surface area contributed by atoms with Gasteiger partial charge in [-0.3, -0.25) is 0 Å². The first-order valence-corrected chi connectivity index (χ1v) is 8.64. The Hall–Kier alpha value is -1.03. The summed E-state index contributed by atoms with van der Waals surface area (Å²) in [6, 6.07) is 6.17. The Bertz CT molecular complexity index is 546. The van der Waals surface area contributed by atoms with Crippen LogP contribution in [-0.2, 0) is 5.33 Å². The molecule has 0 aliphatic carbocycles. The van der Waals surface area contributed by atoms with E-state index in [4.69, 9.17) is 4.98 Å². The van der Waals surface area contributed by atoms with Gasteiger partial charge >= 0.3 is 0 Å². The van der Waals surface area contributed by atoms with Crippen LogP contribution in [0.3, 0.4) is 0 Å². The fourth-order valence-electron chi connectivity index (χ4n) is 2.64. The molecule has 4 heteroatoms. The van der Waals surface area contributed by atoms with Crippen LogP contribution >= 0.6 is 15.9 Å². The SMILES string of the molecule is CCC(CC)CN(CC)c1nc2ccccn2c1CBr. The maximum absolute atomic E-state index is 4.84. The van der Waals surface area contributed by atoms with Crippen molar-refractivity contribution < 1.29 is 0 Å². The van der Waals surface area contributed by atoms with E-state index in [1.165, 1.54) is 18.5 Å². The number of hydrogen-bond acceptors (Lipinski definition) is 2. The molecule has 2 aromatic heterocycles. The van der Waals surface area contributed by atoms with E-state index in [0.29, 0.717) is 0 Å². The molecule has 0 spiro atoms. The number of nitrogens with zero attached hydrogens (tertiary/aromatic N) is 3.